The van der Waals surface area contributed by atoms with Gasteiger partial charge >= 0.3 is 0 Å². The molecular weight excluding hydrogens is 230 g/mol. The van der Waals surface area contributed by atoms with E-state index in [0.29, 0.717) is 10.0 Å². The zero-order valence-corrected chi connectivity index (χ0v) is 9.05. The molecule has 1 aliphatic rings. The van der Waals surface area contributed by atoms with Crippen molar-refractivity contribution in [2.75, 3.05) is 4.72 Å². The van der Waals surface area contributed by atoms with Gasteiger partial charge in [-0.1, -0.05) is 11.6 Å². The Labute approximate surface area is 85.8 Å². The lowest BCUT2D eigenvalue weighted by Gasteiger charge is -2.04. The topological polar surface area (TPSA) is 46.2 Å². The van der Waals surface area contributed by atoms with Crippen molar-refractivity contribution in [2.24, 2.45) is 0 Å². The zero-order valence-electron chi connectivity index (χ0n) is 6.66. The van der Waals surface area contributed by atoms with Crippen LogP contribution >= 0.6 is 22.9 Å². The van der Waals surface area contributed by atoms with Gasteiger partial charge < -0.3 is 0 Å². The van der Waals surface area contributed by atoms with Gasteiger partial charge in [-0.15, -0.1) is 11.3 Å². The van der Waals surface area contributed by atoms with Gasteiger partial charge in [0.15, 0.2) is 0 Å². The molecule has 0 unspecified atom stereocenters. The van der Waals surface area contributed by atoms with Gasteiger partial charge in [-0.05, 0) is 24.3 Å². The normalized spacial score (nSPS) is 17.3. The molecular formula is C7H8ClNO2S2. The van der Waals surface area contributed by atoms with Crippen LogP contribution in [0.25, 0.3) is 0 Å². The Morgan fingerprint density at radius 1 is 1.54 bits per heavy atom. The highest BCUT2D eigenvalue weighted by Crippen LogP contribution is 2.33. The molecule has 3 nitrogen and oxygen atoms in total. The number of nitrogens with one attached hydrogen (secondary N) is 1. The van der Waals surface area contributed by atoms with E-state index in [1.807, 2.05) is 0 Å². The zero-order chi connectivity index (χ0) is 9.47. The highest BCUT2D eigenvalue weighted by Gasteiger charge is 2.36. The molecule has 1 saturated carbocycles. The van der Waals surface area contributed by atoms with Crippen molar-refractivity contribution in [1.29, 1.82) is 0 Å². The van der Waals surface area contributed by atoms with Crippen LogP contribution in [-0.2, 0) is 10.0 Å². The van der Waals surface area contributed by atoms with Crippen molar-refractivity contribution in [3.8, 4) is 0 Å². The predicted molar refractivity (Wildman–Crippen MR) is 54.9 cm³/mol. The van der Waals surface area contributed by atoms with E-state index in [0.717, 1.165) is 12.8 Å². The second kappa shape index (κ2) is 3.15. The number of halogens is 1. The van der Waals surface area contributed by atoms with Crippen LogP contribution in [0.4, 0.5) is 5.69 Å². The molecule has 2 rings (SSSR count). The van der Waals surface area contributed by atoms with Gasteiger partial charge in [0.1, 0.15) is 4.34 Å². The number of hydrogen-bond acceptors (Lipinski definition) is 3. The maximum Gasteiger partial charge on any atom is 0.235 e. The first-order valence-corrected chi connectivity index (χ1v) is 6.64. The second-order valence-corrected chi connectivity index (χ2v) is 6.43. The Bertz CT molecular complexity index is 408. The summed E-state index contributed by atoms with van der Waals surface area (Å²) in [4.78, 5) is 0. The first-order chi connectivity index (χ1) is 6.09. The maximum atomic E-state index is 11.4. The van der Waals surface area contributed by atoms with Crippen molar-refractivity contribution in [1.82, 2.24) is 0 Å². The Kier molecular flexibility index (Phi) is 2.25. The Balaban J connectivity index is 2.18. The van der Waals surface area contributed by atoms with Crippen LogP contribution in [0.1, 0.15) is 12.8 Å². The van der Waals surface area contributed by atoms with Crippen LogP contribution in [0, 0.1) is 0 Å². The van der Waals surface area contributed by atoms with Gasteiger partial charge in [0.25, 0.3) is 0 Å². The molecule has 0 atom stereocenters. The van der Waals surface area contributed by atoms with Gasteiger partial charge in [-0.25, -0.2) is 8.42 Å². The van der Waals surface area contributed by atoms with E-state index in [2.05, 4.69) is 4.72 Å². The predicted octanol–water partition coefficient (Wildman–Crippen LogP) is 2.31. The highest BCUT2D eigenvalue weighted by atomic mass is 35.5. The van der Waals surface area contributed by atoms with Gasteiger partial charge in [0.05, 0.1) is 10.9 Å². The molecule has 13 heavy (non-hydrogen) atoms. The number of rotatable bonds is 3. The molecule has 1 N–H and O–H groups in total. The molecule has 0 bridgehead atoms. The third kappa shape index (κ3) is 1.98. The number of thiophene rings is 1. The van der Waals surface area contributed by atoms with E-state index in [1.54, 1.807) is 11.4 Å². The molecule has 0 spiro atoms. The van der Waals surface area contributed by atoms with Gasteiger partial charge in [0.2, 0.25) is 10.0 Å². The minimum Gasteiger partial charge on any atom is -0.281 e. The molecule has 72 valence electrons. The van der Waals surface area contributed by atoms with E-state index in [4.69, 9.17) is 11.6 Å². The number of sulfonamides is 1. The third-order valence-electron chi connectivity index (χ3n) is 1.83. The summed E-state index contributed by atoms with van der Waals surface area (Å²) in [6.45, 7) is 0. The molecule has 1 aliphatic carbocycles. The summed E-state index contributed by atoms with van der Waals surface area (Å²) in [6.07, 6.45) is 1.52. The molecule has 6 heteroatoms. The molecule has 0 aromatic carbocycles. The fraction of sp³-hybridized carbons (Fsp3) is 0.429. The van der Waals surface area contributed by atoms with E-state index >= 15 is 0 Å². The van der Waals surface area contributed by atoms with Crippen molar-refractivity contribution in [3.63, 3.8) is 0 Å². The summed E-state index contributed by atoms with van der Waals surface area (Å²) in [7, 11) is -3.16. The summed E-state index contributed by atoms with van der Waals surface area (Å²) in [5.41, 5.74) is 0.499. The van der Waals surface area contributed by atoms with Crippen molar-refractivity contribution in [3.05, 3.63) is 15.8 Å². The molecule has 1 aromatic rings. The molecule has 0 radical (unpaired) electrons. The van der Waals surface area contributed by atoms with E-state index in [9.17, 15) is 8.42 Å². The van der Waals surface area contributed by atoms with Crippen molar-refractivity contribution in [2.45, 2.75) is 18.1 Å². The van der Waals surface area contributed by atoms with E-state index in [-0.39, 0.29) is 5.25 Å². The fourth-order valence-electron chi connectivity index (χ4n) is 0.980. The summed E-state index contributed by atoms with van der Waals surface area (Å²) in [6, 6.07) is 1.67. The van der Waals surface area contributed by atoms with E-state index < -0.39 is 10.0 Å². The van der Waals surface area contributed by atoms with Crippen LogP contribution in [0.5, 0.6) is 0 Å². The Morgan fingerprint density at radius 2 is 2.23 bits per heavy atom. The van der Waals surface area contributed by atoms with Crippen LogP contribution in [-0.4, -0.2) is 13.7 Å². The third-order valence-corrected chi connectivity index (χ3v) is 4.86. The van der Waals surface area contributed by atoms with Crippen molar-refractivity contribution < 1.29 is 8.42 Å². The first kappa shape index (κ1) is 9.30. The molecule has 1 aromatic heterocycles. The smallest absolute Gasteiger partial charge is 0.235 e. The molecule has 0 aliphatic heterocycles. The van der Waals surface area contributed by atoms with Crippen LogP contribution in [0.15, 0.2) is 11.4 Å². The van der Waals surface area contributed by atoms with Crippen LogP contribution < -0.4 is 4.72 Å². The first-order valence-electron chi connectivity index (χ1n) is 3.84. The van der Waals surface area contributed by atoms with Gasteiger partial charge in [-0.3, -0.25) is 4.72 Å². The summed E-state index contributed by atoms with van der Waals surface area (Å²) < 4.78 is 25.9. The highest BCUT2D eigenvalue weighted by molar-refractivity contribution is 7.93. The fourth-order valence-corrected chi connectivity index (χ4v) is 3.33. The van der Waals surface area contributed by atoms with E-state index in [1.165, 1.54) is 11.3 Å². The average Bonchev–Trinajstić information content (AvgIpc) is 2.80. The quantitative estimate of drug-likeness (QED) is 0.877. The summed E-state index contributed by atoms with van der Waals surface area (Å²) in [5, 5.41) is 1.55. The van der Waals surface area contributed by atoms with Gasteiger partial charge in [-0.2, -0.15) is 0 Å². The molecule has 0 amide bonds. The largest absolute Gasteiger partial charge is 0.281 e. The number of anilines is 1. The van der Waals surface area contributed by atoms with Gasteiger partial charge in [0, 0.05) is 0 Å². The molecule has 0 saturated heterocycles. The van der Waals surface area contributed by atoms with Crippen LogP contribution in [0.3, 0.4) is 0 Å². The summed E-state index contributed by atoms with van der Waals surface area (Å²) >= 11 is 7.08. The van der Waals surface area contributed by atoms with Crippen molar-refractivity contribution >= 4 is 38.6 Å². The van der Waals surface area contributed by atoms with Crippen LogP contribution in [0.2, 0.25) is 4.34 Å². The number of hydrogen-bond donors (Lipinski definition) is 1. The minimum atomic E-state index is -3.16. The minimum absolute atomic E-state index is 0.205. The average molecular weight is 238 g/mol. The standard InChI is InChI=1S/C7H8ClNO2S2/c8-7-6(3-4-12-7)9-13(10,11)5-1-2-5/h3-5,9H,1-2H2. The molecule has 1 fully saturated rings. The lowest BCUT2D eigenvalue weighted by Crippen LogP contribution is -2.16. The maximum absolute atomic E-state index is 11.4. The lowest BCUT2D eigenvalue weighted by atomic mass is 10.6. The Morgan fingerprint density at radius 3 is 2.69 bits per heavy atom. The SMILES string of the molecule is O=S(=O)(Nc1ccsc1Cl)C1CC1. The summed E-state index contributed by atoms with van der Waals surface area (Å²) in [5.74, 6) is 0. The lowest BCUT2D eigenvalue weighted by molar-refractivity contribution is 0.600. The monoisotopic (exact) mass is 237 g/mol. The Hall–Kier alpha value is -0.260. The second-order valence-electron chi connectivity index (χ2n) is 2.95. The molecule has 1 heterocycles.